The molecule has 1 fully saturated rings. The Hall–Kier alpha value is -1.36. The summed E-state index contributed by atoms with van der Waals surface area (Å²) in [4.78, 5) is 11.7. The smallest absolute Gasteiger partial charge is 0.273 e. The number of nitrogens with zero attached hydrogens (tertiary/aromatic N) is 1. The quantitative estimate of drug-likeness (QED) is 0.831. The molecule has 1 aliphatic carbocycles. The number of amides is 1. The molecule has 5 heteroatoms. The fraction of sp³-hybridized carbons (Fsp3) is 0.714. The molecule has 5 nitrogen and oxygen atoms in total. The minimum Gasteiger partial charge on any atom is -0.376 e. The van der Waals surface area contributed by atoms with Crippen LogP contribution < -0.4 is 5.32 Å². The SMILES string of the molecule is Cc1cc(C(=O)NCCO[C@H]2CCCC[C@H]2C)no1. The minimum atomic E-state index is -0.211. The van der Waals surface area contributed by atoms with E-state index in [9.17, 15) is 4.79 Å². The van der Waals surface area contributed by atoms with Crippen molar-refractivity contribution < 1.29 is 14.1 Å². The van der Waals surface area contributed by atoms with Gasteiger partial charge in [-0.25, -0.2) is 0 Å². The number of hydrogen-bond acceptors (Lipinski definition) is 4. The Labute approximate surface area is 113 Å². The highest BCUT2D eigenvalue weighted by molar-refractivity contribution is 5.92. The molecule has 1 heterocycles. The Balaban J connectivity index is 1.65. The van der Waals surface area contributed by atoms with Gasteiger partial charge in [0.2, 0.25) is 0 Å². The zero-order chi connectivity index (χ0) is 13.7. The lowest BCUT2D eigenvalue weighted by molar-refractivity contribution is -0.00296. The van der Waals surface area contributed by atoms with Gasteiger partial charge in [-0.05, 0) is 25.7 Å². The number of aromatic nitrogens is 1. The first-order valence-electron chi connectivity index (χ1n) is 7.00. The van der Waals surface area contributed by atoms with Crippen molar-refractivity contribution in [3.8, 4) is 0 Å². The van der Waals surface area contributed by atoms with Crippen LogP contribution in [-0.2, 0) is 4.74 Å². The molecular weight excluding hydrogens is 244 g/mol. The molecule has 0 bridgehead atoms. The lowest BCUT2D eigenvalue weighted by Gasteiger charge is -2.28. The number of ether oxygens (including phenoxy) is 1. The minimum absolute atomic E-state index is 0.211. The van der Waals surface area contributed by atoms with Gasteiger partial charge in [0.25, 0.3) is 5.91 Å². The number of aryl methyl sites for hydroxylation is 1. The molecule has 0 radical (unpaired) electrons. The predicted octanol–water partition coefficient (Wildman–Crippen LogP) is 2.31. The number of nitrogens with one attached hydrogen (secondary N) is 1. The van der Waals surface area contributed by atoms with Crippen molar-refractivity contribution in [2.75, 3.05) is 13.2 Å². The van der Waals surface area contributed by atoms with Crippen LogP contribution in [0.4, 0.5) is 0 Å². The summed E-state index contributed by atoms with van der Waals surface area (Å²) in [5, 5.41) is 6.45. The van der Waals surface area contributed by atoms with Gasteiger partial charge in [0.15, 0.2) is 5.69 Å². The average molecular weight is 266 g/mol. The number of rotatable bonds is 5. The summed E-state index contributed by atoms with van der Waals surface area (Å²) in [7, 11) is 0. The Morgan fingerprint density at radius 1 is 1.53 bits per heavy atom. The van der Waals surface area contributed by atoms with Crippen molar-refractivity contribution in [3.63, 3.8) is 0 Å². The Morgan fingerprint density at radius 3 is 3.00 bits per heavy atom. The first-order valence-corrected chi connectivity index (χ1v) is 7.00. The summed E-state index contributed by atoms with van der Waals surface area (Å²) in [6, 6.07) is 1.62. The van der Waals surface area contributed by atoms with Crippen molar-refractivity contribution in [2.45, 2.75) is 45.6 Å². The fourth-order valence-electron chi connectivity index (χ4n) is 2.47. The molecule has 1 aromatic heterocycles. The second-order valence-corrected chi connectivity index (χ2v) is 5.25. The van der Waals surface area contributed by atoms with Gasteiger partial charge in [-0.1, -0.05) is 24.9 Å². The van der Waals surface area contributed by atoms with E-state index in [0.29, 0.717) is 36.6 Å². The summed E-state index contributed by atoms with van der Waals surface area (Å²) < 4.78 is 10.7. The first-order chi connectivity index (χ1) is 9.16. The lowest BCUT2D eigenvalue weighted by atomic mass is 9.88. The van der Waals surface area contributed by atoms with Crippen LogP contribution in [0.2, 0.25) is 0 Å². The maximum absolute atomic E-state index is 11.7. The Morgan fingerprint density at radius 2 is 2.32 bits per heavy atom. The monoisotopic (exact) mass is 266 g/mol. The summed E-state index contributed by atoms with van der Waals surface area (Å²) in [6.45, 7) is 5.06. The van der Waals surface area contributed by atoms with Gasteiger partial charge in [-0.15, -0.1) is 0 Å². The van der Waals surface area contributed by atoms with Crippen LogP contribution >= 0.6 is 0 Å². The van der Waals surface area contributed by atoms with Gasteiger partial charge in [0.1, 0.15) is 5.76 Å². The molecular formula is C14H22N2O3. The Kier molecular flexibility index (Phi) is 4.96. The van der Waals surface area contributed by atoms with Crippen molar-refractivity contribution in [3.05, 3.63) is 17.5 Å². The van der Waals surface area contributed by atoms with E-state index in [1.54, 1.807) is 13.0 Å². The third-order valence-corrected chi connectivity index (χ3v) is 3.61. The van der Waals surface area contributed by atoms with E-state index in [-0.39, 0.29) is 5.91 Å². The maximum Gasteiger partial charge on any atom is 0.273 e. The molecule has 1 amide bonds. The molecule has 0 saturated heterocycles. The topological polar surface area (TPSA) is 64.4 Å². The number of hydrogen-bond donors (Lipinski definition) is 1. The average Bonchev–Trinajstić information content (AvgIpc) is 2.83. The van der Waals surface area contributed by atoms with Crippen LogP contribution in [0.5, 0.6) is 0 Å². The van der Waals surface area contributed by atoms with Crippen molar-refractivity contribution >= 4 is 5.91 Å². The van der Waals surface area contributed by atoms with Crippen LogP contribution in [0, 0.1) is 12.8 Å². The van der Waals surface area contributed by atoms with Gasteiger partial charge >= 0.3 is 0 Å². The van der Waals surface area contributed by atoms with Crippen molar-refractivity contribution in [2.24, 2.45) is 5.92 Å². The highest BCUT2D eigenvalue weighted by atomic mass is 16.5. The van der Waals surface area contributed by atoms with Crippen LogP contribution in [-0.4, -0.2) is 30.3 Å². The number of carbonyl (C=O) groups is 1. The van der Waals surface area contributed by atoms with Crippen LogP contribution in [0.25, 0.3) is 0 Å². The molecule has 0 aromatic carbocycles. The zero-order valence-electron chi connectivity index (χ0n) is 11.6. The molecule has 1 aromatic rings. The second kappa shape index (κ2) is 6.70. The van der Waals surface area contributed by atoms with Crippen LogP contribution in [0.1, 0.15) is 48.9 Å². The molecule has 0 aliphatic heterocycles. The van der Waals surface area contributed by atoms with Crippen LogP contribution in [0.3, 0.4) is 0 Å². The lowest BCUT2D eigenvalue weighted by Crippen LogP contribution is -2.31. The molecule has 0 spiro atoms. The number of carbonyl (C=O) groups excluding carboxylic acids is 1. The summed E-state index contributed by atoms with van der Waals surface area (Å²) in [6.07, 6.45) is 5.29. The molecule has 2 rings (SSSR count). The summed E-state index contributed by atoms with van der Waals surface area (Å²) in [5.74, 6) is 1.05. The normalized spacial score (nSPS) is 23.3. The van der Waals surface area contributed by atoms with E-state index in [1.807, 2.05) is 0 Å². The zero-order valence-corrected chi connectivity index (χ0v) is 11.6. The largest absolute Gasteiger partial charge is 0.376 e. The van der Waals surface area contributed by atoms with Crippen molar-refractivity contribution in [1.82, 2.24) is 10.5 Å². The molecule has 2 atom stereocenters. The van der Waals surface area contributed by atoms with E-state index in [2.05, 4.69) is 17.4 Å². The fourth-order valence-corrected chi connectivity index (χ4v) is 2.47. The molecule has 1 N–H and O–H groups in total. The third-order valence-electron chi connectivity index (χ3n) is 3.61. The van der Waals surface area contributed by atoms with E-state index in [4.69, 9.17) is 9.26 Å². The van der Waals surface area contributed by atoms with E-state index < -0.39 is 0 Å². The molecule has 1 saturated carbocycles. The standard InChI is InChI=1S/C14H22N2O3/c1-10-5-3-4-6-13(10)18-8-7-15-14(17)12-9-11(2)19-16-12/h9-10,13H,3-8H2,1-2H3,(H,15,17)/t10-,13+/m1/s1. The molecule has 106 valence electrons. The van der Waals surface area contributed by atoms with E-state index >= 15 is 0 Å². The van der Waals surface area contributed by atoms with E-state index in [1.165, 1.54) is 19.3 Å². The summed E-state index contributed by atoms with van der Waals surface area (Å²) in [5.41, 5.74) is 0.323. The van der Waals surface area contributed by atoms with Crippen molar-refractivity contribution in [1.29, 1.82) is 0 Å². The maximum atomic E-state index is 11.7. The van der Waals surface area contributed by atoms with Crippen LogP contribution in [0.15, 0.2) is 10.6 Å². The highest BCUT2D eigenvalue weighted by Gasteiger charge is 2.21. The second-order valence-electron chi connectivity index (χ2n) is 5.25. The molecule has 0 unspecified atom stereocenters. The first kappa shape index (κ1) is 14.1. The third kappa shape index (κ3) is 4.06. The molecule has 19 heavy (non-hydrogen) atoms. The Bertz CT molecular complexity index is 417. The van der Waals surface area contributed by atoms with Gasteiger partial charge in [0, 0.05) is 12.6 Å². The van der Waals surface area contributed by atoms with Gasteiger partial charge in [-0.2, -0.15) is 0 Å². The molecule has 1 aliphatic rings. The van der Waals surface area contributed by atoms with Gasteiger partial charge in [-0.3, -0.25) is 4.79 Å². The summed E-state index contributed by atoms with van der Waals surface area (Å²) >= 11 is 0. The highest BCUT2D eigenvalue weighted by Crippen LogP contribution is 2.25. The van der Waals surface area contributed by atoms with Gasteiger partial charge < -0.3 is 14.6 Å². The van der Waals surface area contributed by atoms with E-state index in [0.717, 1.165) is 6.42 Å². The predicted molar refractivity (Wildman–Crippen MR) is 70.9 cm³/mol. The van der Waals surface area contributed by atoms with Gasteiger partial charge in [0.05, 0.1) is 12.7 Å².